The summed E-state index contributed by atoms with van der Waals surface area (Å²) in [5.74, 6) is -0.698. The van der Waals surface area contributed by atoms with Gasteiger partial charge in [0.05, 0.1) is 11.1 Å². The highest BCUT2D eigenvalue weighted by Gasteiger charge is 2.23. The Morgan fingerprint density at radius 3 is 2.80 bits per heavy atom. The van der Waals surface area contributed by atoms with Gasteiger partial charge in [0.1, 0.15) is 17.9 Å². The van der Waals surface area contributed by atoms with Crippen molar-refractivity contribution in [3.63, 3.8) is 0 Å². The summed E-state index contributed by atoms with van der Waals surface area (Å²) in [6.07, 6.45) is 0.986. The van der Waals surface area contributed by atoms with E-state index in [2.05, 4.69) is 15.6 Å². The zero-order valence-electron chi connectivity index (χ0n) is 14.1. The number of carboxylic acids is 1. The number of rotatable bonds is 4. The van der Waals surface area contributed by atoms with E-state index in [1.165, 1.54) is 0 Å². The van der Waals surface area contributed by atoms with E-state index in [9.17, 15) is 14.4 Å². The van der Waals surface area contributed by atoms with E-state index in [-0.39, 0.29) is 24.4 Å². The van der Waals surface area contributed by atoms with Crippen molar-refractivity contribution in [2.45, 2.75) is 39.3 Å². The van der Waals surface area contributed by atoms with Crippen LogP contribution in [0.1, 0.15) is 34.6 Å². The Morgan fingerprint density at radius 1 is 1.40 bits per heavy atom. The Balaban J connectivity index is 1.94. The SMILES string of the molecule is Cc1cc(C(=O)NC2CCC(=O)NC2)c2nc(C)n(CC(=O)O)c2c1. The zero-order valence-corrected chi connectivity index (χ0v) is 14.1. The van der Waals surface area contributed by atoms with Crippen molar-refractivity contribution in [1.29, 1.82) is 0 Å². The minimum absolute atomic E-state index is 0.00789. The number of imidazole rings is 1. The highest BCUT2D eigenvalue weighted by Crippen LogP contribution is 2.22. The molecule has 0 spiro atoms. The van der Waals surface area contributed by atoms with Crippen LogP contribution in [0.3, 0.4) is 0 Å². The van der Waals surface area contributed by atoms with E-state index in [0.29, 0.717) is 41.8 Å². The quantitative estimate of drug-likeness (QED) is 0.757. The van der Waals surface area contributed by atoms with E-state index < -0.39 is 5.97 Å². The monoisotopic (exact) mass is 344 g/mol. The largest absolute Gasteiger partial charge is 0.480 e. The van der Waals surface area contributed by atoms with Crippen LogP contribution in [0, 0.1) is 13.8 Å². The lowest BCUT2D eigenvalue weighted by Crippen LogP contribution is -2.47. The molecule has 0 radical (unpaired) electrons. The number of carbonyl (C=O) groups is 3. The van der Waals surface area contributed by atoms with Crippen LogP contribution in [0.4, 0.5) is 0 Å². The van der Waals surface area contributed by atoms with Gasteiger partial charge < -0.3 is 20.3 Å². The van der Waals surface area contributed by atoms with Crippen molar-refractivity contribution in [1.82, 2.24) is 20.2 Å². The van der Waals surface area contributed by atoms with Crippen LogP contribution in [0.2, 0.25) is 0 Å². The number of aromatic nitrogens is 2. The first-order valence-electron chi connectivity index (χ1n) is 8.12. The second kappa shape index (κ2) is 6.54. The molecule has 1 aliphatic heterocycles. The summed E-state index contributed by atoms with van der Waals surface area (Å²) in [4.78, 5) is 39.4. The molecule has 0 saturated carbocycles. The molecule has 1 atom stereocenters. The van der Waals surface area contributed by atoms with E-state index >= 15 is 0 Å². The average Bonchev–Trinajstić information content (AvgIpc) is 2.84. The van der Waals surface area contributed by atoms with Gasteiger partial charge in [-0.05, 0) is 38.0 Å². The fraction of sp³-hybridized carbons (Fsp3) is 0.412. The number of aliphatic carboxylic acids is 1. The van der Waals surface area contributed by atoms with Crippen molar-refractivity contribution in [2.75, 3.05) is 6.54 Å². The molecular weight excluding hydrogens is 324 g/mol. The Kier molecular flexibility index (Phi) is 4.43. The third kappa shape index (κ3) is 3.47. The number of hydrogen-bond donors (Lipinski definition) is 3. The maximum Gasteiger partial charge on any atom is 0.323 e. The van der Waals surface area contributed by atoms with Gasteiger partial charge in [-0.15, -0.1) is 0 Å². The molecule has 2 heterocycles. The predicted molar refractivity (Wildman–Crippen MR) is 90.3 cm³/mol. The number of fused-ring (bicyclic) bond motifs is 1. The molecule has 1 saturated heterocycles. The van der Waals surface area contributed by atoms with E-state index in [1.54, 1.807) is 17.6 Å². The molecule has 0 aliphatic carbocycles. The molecule has 2 amide bonds. The molecule has 8 heteroatoms. The van der Waals surface area contributed by atoms with Gasteiger partial charge in [-0.25, -0.2) is 4.98 Å². The number of piperidine rings is 1. The first kappa shape index (κ1) is 16.9. The summed E-state index contributed by atoms with van der Waals surface area (Å²) in [5, 5.41) is 14.8. The molecule has 1 aromatic heterocycles. The maximum absolute atomic E-state index is 12.7. The molecule has 1 aromatic carbocycles. The number of carbonyl (C=O) groups excluding carboxylic acids is 2. The Bertz CT molecular complexity index is 861. The van der Waals surface area contributed by atoms with Crippen LogP contribution in [0.15, 0.2) is 12.1 Å². The standard InChI is InChI=1S/C17H20N4O4/c1-9-5-12(17(25)20-11-3-4-14(22)18-7-11)16-13(6-9)21(8-15(23)24)10(2)19-16/h5-6,11H,3-4,7-8H2,1-2H3,(H,18,22)(H,20,25)(H,23,24). The van der Waals surface area contributed by atoms with E-state index in [0.717, 1.165) is 5.56 Å². The summed E-state index contributed by atoms with van der Waals surface area (Å²) in [7, 11) is 0. The number of aryl methyl sites for hydroxylation is 2. The van der Waals surface area contributed by atoms with Gasteiger partial charge in [-0.2, -0.15) is 0 Å². The minimum Gasteiger partial charge on any atom is -0.480 e. The molecule has 1 unspecified atom stereocenters. The van der Waals surface area contributed by atoms with Gasteiger partial charge in [-0.1, -0.05) is 0 Å². The summed E-state index contributed by atoms with van der Waals surface area (Å²) in [6, 6.07) is 3.45. The van der Waals surface area contributed by atoms with Gasteiger partial charge in [0, 0.05) is 19.0 Å². The maximum atomic E-state index is 12.7. The van der Waals surface area contributed by atoms with Crippen molar-refractivity contribution in [3.05, 3.63) is 29.1 Å². The lowest BCUT2D eigenvalue weighted by molar-refractivity contribution is -0.137. The highest BCUT2D eigenvalue weighted by molar-refractivity contribution is 6.05. The van der Waals surface area contributed by atoms with E-state index in [1.807, 2.05) is 13.0 Å². The Hall–Kier alpha value is -2.90. The zero-order chi connectivity index (χ0) is 18.1. The fourth-order valence-corrected chi connectivity index (χ4v) is 3.11. The topological polar surface area (TPSA) is 113 Å². The first-order chi connectivity index (χ1) is 11.8. The van der Waals surface area contributed by atoms with Crippen LogP contribution in [-0.2, 0) is 16.1 Å². The van der Waals surface area contributed by atoms with Crippen LogP contribution in [-0.4, -0.2) is 45.0 Å². The second-order valence-corrected chi connectivity index (χ2v) is 6.33. The van der Waals surface area contributed by atoms with Gasteiger partial charge in [0.2, 0.25) is 5.91 Å². The van der Waals surface area contributed by atoms with Crippen molar-refractivity contribution in [3.8, 4) is 0 Å². The molecule has 2 aromatic rings. The molecular formula is C17H20N4O4. The predicted octanol–water partition coefficient (Wildman–Crippen LogP) is 0.746. The summed E-state index contributed by atoms with van der Waals surface area (Å²) in [5.41, 5.74) is 2.38. The Labute approximate surface area is 144 Å². The lowest BCUT2D eigenvalue weighted by atomic mass is 10.0. The van der Waals surface area contributed by atoms with Crippen LogP contribution in [0.25, 0.3) is 11.0 Å². The third-order valence-electron chi connectivity index (χ3n) is 4.33. The molecule has 1 fully saturated rings. The number of hydrogen-bond acceptors (Lipinski definition) is 4. The summed E-state index contributed by atoms with van der Waals surface area (Å²) in [6.45, 7) is 3.77. The van der Waals surface area contributed by atoms with Gasteiger partial charge in [0.15, 0.2) is 0 Å². The number of nitrogens with zero attached hydrogens (tertiary/aromatic N) is 2. The lowest BCUT2D eigenvalue weighted by Gasteiger charge is -2.23. The Morgan fingerprint density at radius 2 is 2.16 bits per heavy atom. The van der Waals surface area contributed by atoms with Crippen molar-refractivity contribution >= 4 is 28.8 Å². The van der Waals surface area contributed by atoms with E-state index in [4.69, 9.17) is 5.11 Å². The number of nitrogens with one attached hydrogen (secondary N) is 2. The normalized spacial score (nSPS) is 17.4. The van der Waals surface area contributed by atoms with Gasteiger partial charge in [0.25, 0.3) is 5.91 Å². The van der Waals surface area contributed by atoms with Crippen LogP contribution in [0.5, 0.6) is 0 Å². The molecule has 1 aliphatic rings. The molecule has 132 valence electrons. The fourth-order valence-electron chi connectivity index (χ4n) is 3.11. The molecule has 3 N–H and O–H groups in total. The third-order valence-corrected chi connectivity index (χ3v) is 4.33. The number of benzene rings is 1. The van der Waals surface area contributed by atoms with Crippen LogP contribution < -0.4 is 10.6 Å². The van der Waals surface area contributed by atoms with Crippen LogP contribution >= 0.6 is 0 Å². The second-order valence-electron chi connectivity index (χ2n) is 6.33. The van der Waals surface area contributed by atoms with Gasteiger partial charge >= 0.3 is 5.97 Å². The summed E-state index contributed by atoms with van der Waals surface area (Å²) >= 11 is 0. The smallest absolute Gasteiger partial charge is 0.323 e. The number of carboxylic acid groups (broad SMARTS) is 1. The van der Waals surface area contributed by atoms with Gasteiger partial charge in [-0.3, -0.25) is 14.4 Å². The first-order valence-corrected chi connectivity index (χ1v) is 8.12. The minimum atomic E-state index is -0.965. The number of amides is 2. The summed E-state index contributed by atoms with van der Waals surface area (Å²) < 4.78 is 1.59. The van der Waals surface area contributed by atoms with Crippen molar-refractivity contribution in [2.24, 2.45) is 0 Å². The molecule has 0 bridgehead atoms. The molecule has 3 rings (SSSR count). The highest BCUT2D eigenvalue weighted by atomic mass is 16.4. The van der Waals surface area contributed by atoms with Crippen molar-refractivity contribution < 1.29 is 19.5 Å². The average molecular weight is 344 g/mol. The molecule has 25 heavy (non-hydrogen) atoms. The molecule has 8 nitrogen and oxygen atoms in total.